The fourth-order valence-electron chi connectivity index (χ4n) is 3.18. The number of amides is 1. The lowest BCUT2D eigenvalue weighted by Crippen LogP contribution is -2.48. The van der Waals surface area contributed by atoms with Gasteiger partial charge in [-0.1, -0.05) is 30.0 Å². The molecule has 1 amide bonds. The van der Waals surface area contributed by atoms with E-state index in [0.717, 1.165) is 35.6 Å². The van der Waals surface area contributed by atoms with E-state index >= 15 is 0 Å². The SMILES string of the molecule is CSC(=Nc1ccc(N2CCN(C(=O)c3ccccc3C)CC2)cc1)NC#N. The number of carbonyl (C=O) groups is 1. The molecule has 0 unspecified atom stereocenters. The van der Waals surface area contributed by atoms with Crippen molar-refractivity contribution < 1.29 is 4.79 Å². The molecular formula is C21H23N5OS. The van der Waals surface area contributed by atoms with Crippen molar-refractivity contribution in [2.45, 2.75) is 6.92 Å². The minimum absolute atomic E-state index is 0.108. The van der Waals surface area contributed by atoms with Gasteiger partial charge in [0, 0.05) is 37.4 Å². The molecule has 0 aromatic heterocycles. The molecule has 2 aromatic rings. The summed E-state index contributed by atoms with van der Waals surface area (Å²) in [6.45, 7) is 4.98. The van der Waals surface area contributed by atoms with Crippen molar-refractivity contribution in [3.8, 4) is 6.19 Å². The zero-order valence-electron chi connectivity index (χ0n) is 16.1. The number of benzene rings is 2. The monoisotopic (exact) mass is 393 g/mol. The second-order valence-electron chi connectivity index (χ2n) is 6.47. The lowest BCUT2D eigenvalue weighted by molar-refractivity contribution is 0.0746. The number of nitrogens with one attached hydrogen (secondary N) is 1. The van der Waals surface area contributed by atoms with Crippen LogP contribution < -0.4 is 10.2 Å². The van der Waals surface area contributed by atoms with Gasteiger partial charge in [-0.3, -0.25) is 10.1 Å². The molecule has 0 spiro atoms. The van der Waals surface area contributed by atoms with Gasteiger partial charge in [0.05, 0.1) is 5.69 Å². The summed E-state index contributed by atoms with van der Waals surface area (Å²) in [5, 5.41) is 11.8. The molecule has 144 valence electrons. The van der Waals surface area contributed by atoms with Crippen molar-refractivity contribution in [1.29, 1.82) is 5.26 Å². The van der Waals surface area contributed by atoms with E-state index in [1.165, 1.54) is 11.8 Å². The number of hydrogen-bond acceptors (Lipinski definition) is 5. The van der Waals surface area contributed by atoms with Gasteiger partial charge >= 0.3 is 0 Å². The molecule has 28 heavy (non-hydrogen) atoms. The Kier molecular flexibility index (Phi) is 6.56. The highest BCUT2D eigenvalue weighted by molar-refractivity contribution is 8.13. The number of anilines is 1. The van der Waals surface area contributed by atoms with Crippen LogP contribution in [0.25, 0.3) is 0 Å². The van der Waals surface area contributed by atoms with Crippen LogP contribution in [0.4, 0.5) is 11.4 Å². The summed E-state index contributed by atoms with van der Waals surface area (Å²) in [6.07, 6.45) is 3.76. The number of nitriles is 1. The van der Waals surface area contributed by atoms with Gasteiger partial charge in [0.2, 0.25) is 0 Å². The molecule has 2 aromatic carbocycles. The van der Waals surface area contributed by atoms with Gasteiger partial charge in [-0.2, -0.15) is 5.26 Å². The molecule has 0 radical (unpaired) electrons. The number of amidine groups is 1. The molecule has 3 rings (SSSR count). The first-order valence-corrected chi connectivity index (χ1v) is 10.3. The molecule has 6 nitrogen and oxygen atoms in total. The standard InChI is InChI=1S/C21H23N5OS/c1-16-5-3-4-6-19(16)20(27)26-13-11-25(12-14-26)18-9-7-17(8-10-18)24-21(28-2)23-15-22/h3-10H,11-14H2,1-2H3,(H,23,24). The Balaban J connectivity index is 1.61. The molecule has 1 saturated heterocycles. The lowest BCUT2D eigenvalue weighted by Gasteiger charge is -2.36. The van der Waals surface area contributed by atoms with Crippen LogP contribution in [0.5, 0.6) is 0 Å². The highest BCUT2D eigenvalue weighted by Gasteiger charge is 2.23. The molecule has 1 fully saturated rings. The number of aryl methyl sites for hydroxylation is 1. The van der Waals surface area contributed by atoms with Gasteiger partial charge in [0.25, 0.3) is 5.91 Å². The second kappa shape index (κ2) is 9.29. The zero-order chi connectivity index (χ0) is 19.9. The molecule has 1 N–H and O–H groups in total. The van der Waals surface area contributed by atoms with Crippen molar-refractivity contribution in [3.05, 3.63) is 59.7 Å². The summed E-state index contributed by atoms with van der Waals surface area (Å²) in [5.41, 5.74) is 3.71. The Hall–Kier alpha value is -2.98. The van der Waals surface area contributed by atoms with E-state index in [2.05, 4.69) is 15.2 Å². The third kappa shape index (κ3) is 4.65. The summed E-state index contributed by atoms with van der Waals surface area (Å²) in [6, 6.07) is 15.7. The summed E-state index contributed by atoms with van der Waals surface area (Å²) in [5.74, 6) is 0.108. The largest absolute Gasteiger partial charge is 0.368 e. The van der Waals surface area contributed by atoms with E-state index in [1.54, 1.807) is 0 Å². The molecule has 7 heteroatoms. The van der Waals surface area contributed by atoms with Crippen molar-refractivity contribution in [2.24, 2.45) is 4.99 Å². The van der Waals surface area contributed by atoms with Gasteiger partial charge < -0.3 is 9.80 Å². The molecule has 1 aliphatic rings. The predicted molar refractivity (Wildman–Crippen MR) is 115 cm³/mol. The topological polar surface area (TPSA) is 71.7 Å². The first kappa shape index (κ1) is 19.8. The Morgan fingerprint density at radius 1 is 1.11 bits per heavy atom. The summed E-state index contributed by atoms with van der Waals surface area (Å²) in [7, 11) is 0. The van der Waals surface area contributed by atoms with Crippen molar-refractivity contribution in [3.63, 3.8) is 0 Å². The molecule has 1 aliphatic heterocycles. The van der Waals surface area contributed by atoms with Crippen molar-refractivity contribution in [2.75, 3.05) is 37.3 Å². The van der Waals surface area contributed by atoms with Crippen LogP contribution in [0.2, 0.25) is 0 Å². The van der Waals surface area contributed by atoms with E-state index < -0.39 is 0 Å². The van der Waals surface area contributed by atoms with Crippen molar-refractivity contribution in [1.82, 2.24) is 10.2 Å². The Morgan fingerprint density at radius 3 is 2.39 bits per heavy atom. The van der Waals surface area contributed by atoms with Gasteiger partial charge in [0.1, 0.15) is 0 Å². The van der Waals surface area contributed by atoms with Crippen molar-refractivity contribution >= 4 is 34.2 Å². The lowest BCUT2D eigenvalue weighted by atomic mass is 10.1. The Bertz CT molecular complexity index is 896. The maximum atomic E-state index is 12.8. The minimum atomic E-state index is 0.108. The van der Waals surface area contributed by atoms with Crippen LogP contribution in [0, 0.1) is 18.4 Å². The summed E-state index contributed by atoms with van der Waals surface area (Å²) >= 11 is 1.39. The normalized spacial score (nSPS) is 14.5. The molecular weight excluding hydrogens is 370 g/mol. The average Bonchev–Trinajstić information content (AvgIpc) is 2.74. The average molecular weight is 394 g/mol. The molecule has 0 atom stereocenters. The van der Waals surface area contributed by atoms with Gasteiger partial charge in [-0.05, 0) is 49.1 Å². The maximum Gasteiger partial charge on any atom is 0.254 e. The number of nitrogens with zero attached hydrogens (tertiary/aromatic N) is 4. The third-order valence-electron chi connectivity index (χ3n) is 4.74. The first-order chi connectivity index (χ1) is 13.6. The van der Waals surface area contributed by atoms with Crippen LogP contribution in [-0.2, 0) is 0 Å². The highest BCUT2D eigenvalue weighted by Crippen LogP contribution is 2.22. The van der Waals surface area contributed by atoms with Crippen LogP contribution in [-0.4, -0.2) is 48.4 Å². The summed E-state index contributed by atoms with van der Waals surface area (Å²) in [4.78, 5) is 21.4. The molecule has 0 aliphatic carbocycles. The van der Waals surface area contributed by atoms with Gasteiger partial charge in [-0.25, -0.2) is 4.99 Å². The number of aliphatic imine (C=N–C) groups is 1. The smallest absolute Gasteiger partial charge is 0.254 e. The third-order valence-corrected chi connectivity index (χ3v) is 5.32. The number of thioether (sulfide) groups is 1. The molecule has 1 heterocycles. The maximum absolute atomic E-state index is 12.8. The van der Waals surface area contributed by atoms with Gasteiger partial charge in [0.15, 0.2) is 11.4 Å². The summed E-state index contributed by atoms with van der Waals surface area (Å²) < 4.78 is 0. The zero-order valence-corrected chi connectivity index (χ0v) is 16.9. The number of rotatable bonds is 3. The van der Waals surface area contributed by atoms with Crippen LogP contribution >= 0.6 is 11.8 Å². The van der Waals surface area contributed by atoms with Crippen LogP contribution in [0.1, 0.15) is 15.9 Å². The second-order valence-corrected chi connectivity index (χ2v) is 7.26. The predicted octanol–water partition coefficient (Wildman–Crippen LogP) is 3.38. The quantitative estimate of drug-likeness (QED) is 0.375. The Labute approximate surface area is 169 Å². The van der Waals surface area contributed by atoms with Crippen LogP contribution in [0.3, 0.4) is 0 Å². The fourth-order valence-corrected chi connectivity index (χ4v) is 3.52. The van der Waals surface area contributed by atoms with E-state index in [9.17, 15) is 4.79 Å². The molecule has 0 saturated carbocycles. The van der Waals surface area contributed by atoms with E-state index in [4.69, 9.17) is 5.26 Å². The minimum Gasteiger partial charge on any atom is -0.368 e. The first-order valence-electron chi connectivity index (χ1n) is 9.10. The van der Waals surface area contributed by atoms with E-state index in [0.29, 0.717) is 18.3 Å². The van der Waals surface area contributed by atoms with E-state index in [1.807, 2.05) is 72.8 Å². The van der Waals surface area contributed by atoms with Crippen LogP contribution in [0.15, 0.2) is 53.5 Å². The van der Waals surface area contributed by atoms with Gasteiger partial charge in [-0.15, -0.1) is 0 Å². The van der Waals surface area contributed by atoms with E-state index in [-0.39, 0.29) is 5.91 Å². The molecule has 0 bridgehead atoms. The Morgan fingerprint density at radius 2 is 1.79 bits per heavy atom. The fraction of sp³-hybridized carbons (Fsp3) is 0.286. The number of hydrogen-bond donors (Lipinski definition) is 1. The number of piperazine rings is 1. The number of carbonyl (C=O) groups excluding carboxylic acids is 1. The highest BCUT2D eigenvalue weighted by atomic mass is 32.2.